The molecule has 1 unspecified atom stereocenters. The Kier molecular flexibility index (Phi) is 5.99. The van der Waals surface area contributed by atoms with Gasteiger partial charge in [-0.25, -0.2) is 0 Å². The Labute approximate surface area is 116 Å². The zero-order chi connectivity index (χ0) is 14.4. The molecule has 0 fully saturated rings. The number of rotatable bonds is 6. The first kappa shape index (κ1) is 15.7. The molecule has 0 radical (unpaired) electrons. The highest BCUT2D eigenvalue weighted by molar-refractivity contribution is 5.94. The van der Waals surface area contributed by atoms with E-state index in [4.69, 9.17) is 5.73 Å². The third kappa shape index (κ3) is 4.33. The Bertz CT molecular complexity index is 418. The van der Waals surface area contributed by atoms with Crippen molar-refractivity contribution in [2.75, 3.05) is 27.2 Å². The molecule has 19 heavy (non-hydrogen) atoms. The normalized spacial score (nSPS) is 12.5. The standard InChI is InChI=1S/C15H25N3O/c1-5-18(12(2)11-17(3)4)15(19)14-8-6-7-13(9-14)10-16/h6-9,12H,5,10-11,16H2,1-4H3. The van der Waals surface area contributed by atoms with Crippen molar-refractivity contribution in [2.45, 2.75) is 26.4 Å². The minimum Gasteiger partial charge on any atom is -0.335 e. The van der Waals surface area contributed by atoms with Gasteiger partial charge in [-0.3, -0.25) is 4.79 Å². The van der Waals surface area contributed by atoms with Crippen LogP contribution in [-0.2, 0) is 6.54 Å². The van der Waals surface area contributed by atoms with E-state index in [0.717, 1.165) is 17.7 Å². The van der Waals surface area contributed by atoms with Crippen LogP contribution in [0.5, 0.6) is 0 Å². The molecule has 0 heterocycles. The third-order valence-corrected chi connectivity index (χ3v) is 3.17. The lowest BCUT2D eigenvalue weighted by Gasteiger charge is -2.30. The minimum absolute atomic E-state index is 0.0761. The second-order valence-corrected chi connectivity index (χ2v) is 5.11. The van der Waals surface area contributed by atoms with Crippen molar-refractivity contribution in [1.82, 2.24) is 9.80 Å². The van der Waals surface area contributed by atoms with E-state index in [9.17, 15) is 4.79 Å². The van der Waals surface area contributed by atoms with Gasteiger partial charge >= 0.3 is 0 Å². The molecule has 106 valence electrons. The van der Waals surface area contributed by atoms with Gasteiger partial charge in [0.25, 0.3) is 5.91 Å². The van der Waals surface area contributed by atoms with Gasteiger partial charge in [0.15, 0.2) is 0 Å². The highest BCUT2D eigenvalue weighted by Gasteiger charge is 2.20. The van der Waals surface area contributed by atoms with Crippen molar-refractivity contribution in [3.8, 4) is 0 Å². The van der Waals surface area contributed by atoms with Crippen molar-refractivity contribution in [2.24, 2.45) is 5.73 Å². The zero-order valence-corrected chi connectivity index (χ0v) is 12.4. The van der Waals surface area contributed by atoms with Gasteiger partial charge in [0.05, 0.1) is 0 Å². The molecule has 0 aliphatic heterocycles. The second kappa shape index (κ2) is 7.26. The van der Waals surface area contributed by atoms with Crippen LogP contribution in [0.2, 0.25) is 0 Å². The van der Waals surface area contributed by atoms with Gasteiger partial charge in [-0.05, 0) is 45.6 Å². The lowest BCUT2D eigenvalue weighted by atomic mass is 10.1. The summed E-state index contributed by atoms with van der Waals surface area (Å²) in [7, 11) is 4.04. The molecule has 2 N–H and O–H groups in total. The number of nitrogens with two attached hydrogens (primary N) is 1. The summed E-state index contributed by atoms with van der Waals surface area (Å²) >= 11 is 0. The Balaban J connectivity index is 2.88. The van der Waals surface area contributed by atoms with E-state index >= 15 is 0 Å². The molecule has 4 nitrogen and oxygen atoms in total. The first-order valence-corrected chi connectivity index (χ1v) is 6.74. The maximum atomic E-state index is 12.5. The third-order valence-electron chi connectivity index (χ3n) is 3.17. The molecule has 0 bridgehead atoms. The van der Waals surface area contributed by atoms with E-state index in [1.54, 1.807) is 0 Å². The summed E-state index contributed by atoms with van der Waals surface area (Å²) in [5.74, 6) is 0.0761. The van der Waals surface area contributed by atoms with Crippen molar-refractivity contribution >= 4 is 5.91 Å². The summed E-state index contributed by atoms with van der Waals surface area (Å²) in [4.78, 5) is 16.5. The Hall–Kier alpha value is -1.39. The molecule has 4 heteroatoms. The van der Waals surface area contributed by atoms with Crippen LogP contribution < -0.4 is 5.73 Å². The van der Waals surface area contributed by atoms with Crippen LogP contribution in [-0.4, -0.2) is 48.9 Å². The summed E-state index contributed by atoms with van der Waals surface area (Å²) in [6.45, 7) is 6.11. The molecule has 0 saturated carbocycles. The van der Waals surface area contributed by atoms with Crippen LogP contribution in [0.4, 0.5) is 0 Å². The largest absolute Gasteiger partial charge is 0.335 e. The zero-order valence-electron chi connectivity index (χ0n) is 12.4. The molecule has 0 aromatic heterocycles. The molecule has 1 amide bonds. The molecule has 0 aliphatic carbocycles. The fourth-order valence-corrected chi connectivity index (χ4v) is 2.28. The Morgan fingerprint density at radius 1 is 1.37 bits per heavy atom. The molecular formula is C15H25N3O. The smallest absolute Gasteiger partial charge is 0.254 e. The van der Waals surface area contributed by atoms with Crippen molar-refractivity contribution in [3.63, 3.8) is 0 Å². The molecule has 1 aromatic rings. The predicted molar refractivity (Wildman–Crippen MR) is 79.1 cm³/mol. The average molecular weight is 263 g/mol. The number of amides is 1. The first-order chi connectivity index (χ1) is 8.99. The van der Waals surface area contributed by atoms with E-state index in [2.05, 4.69) is 11.8 Å². The van der Waals surface area contributed by atoms with Crippen LogP contribution in [0.25, 0.3) is 0 Å². The topological polar surface area (TPSA) is 49.6 Å². The fraction of sp³-hybridized carbons (Fsp3) is 0.533. The predicted octanol–water partition coefficient (Wildman–Crippen LogP) is 1.56. The molecule has 0 aliphatic rings. The summed E-state index contributed by atoms with van der Waals surface area (Å²) in [5, 5.41) is 0. The number of hydrogen-bond acceptors (Lipinski definition) is 3. The van der Waals surface area contributed by atoms with Crippen LogP contribution in [0, 0.1) is 0 Å². The Morgan fingerprint density at radius 3 is 2.58 bits per heavy atom. The average Bonchev–Trinajstić information content (AvgIpc) is 2.38. The monoisotopic (exact) mass is 263 g/mol. The first-order valence-electron chi connectivity index (χ1n) is 6.74. The number of carbonyl (C=O) groups excluding carboxylic acids is 1. The highest BCUT2D eigenvalue weighted by atomic mass is 16.2. The quantitative estimate of drug-likeness (QED) is 0.847. The summed E-state index contributed by atoms with van der Waals surface area (Å²) < 4.78 is 0. The number of hydrogen-bond donors (Lipinski definition) is 1. The second-order valence-electron chi connectivity index (χ2n) is 5.11. The van der Waals surface area contributed by atoms with Crippen molar-refractivity contribution in [1.29, 1.82) is 0 Å². The van der Waals surface area contributed by atoms with Gasteiger partial charge in [0.2, 0.25) is 0 Å². The molecular weight excluding hydrogens is 238 g/mol. The molecule has 0 saturated heterocycles. The lowest BCUT2D eigenvalue weighted by molar-refractivity contribution is 0.0679. The van der Waals surface area contributed by atoms with Gasteiger partial charge in [-0.1, -0.05) is 12.1 Å². The molecule has 0 spiro atoms. The van der Waals surface area contributed by atoms with Crippen LogP contribution >= 0.6 is 0 Å². The lowest BCUT2D eigenvalue weighted by Crippen LogP contribution is -2.43. The van der Waals surface area contributed by atoms with E-state index < -0.39 is 0 Å². The number of nitrogens with zero attached hydrogens (tertiary/aromatic N) is 2. The molecule has 1 atom stereocenters. The SMILES string of the molecule is CCN(C(=O)c1cccc(CN)c1)C(C)CN(C)C. The summed E-state index contributed by atoms with van der Waals surface area (Å²) in [5.41, 5.74) is 7.33. The maximum absolute atomic E-state index is 12.5. The number of likely N-dealkylation sites (N-methyl/N-ethyl adjacent to an activating group) is 2. The number of carbonyl (C=O) groups is 1. The van der Waals surface area contributed by atoms with E-state index in [-0.39, 0.29) is 11.9 Å². The van der Waals surface area contributed by atoms with Crippen molar-refractivity contribution < 1.29 is 4.79 Å². The molecule has 1 aromatic carbocycles. The summed E-state index contributed by atoms with van der Waals surface area (Å²) in [6.07, 6.45) is 0. The van der Waals surface area contributed by atoms with E-state index in [1.807, 2.05) is 50.2 Å². The van der Waals surface area contributed by atoms with Crippen LogP contribution in [0.1, 0.15) is 29.8 Å². The minimum atomic E-state index is 0.0761. The fourth-order valence-electron chi connectivity index (χ4n) is 2.28. The maximum Gasteiger partial charge on any atom is 0.254 e. The Morgan fingerprint density at radius 2 is 2.05 bits per heavy atom. The van der Waals surface area contributed by atoms with Gasteiger partial charge in [0, 0.05) is 31.2 Å². The van der Waals surface area contributed by atoms with Crippen LogP contribution in [0.15, 0.2) is 24.3 Å². The molecule has 1 rings (SSSR count). The van der Waals surface area contributed by atoms with Gasteiger partial charge in [-0.2, -0.15) is 0 Å². The van der Waals surface area contributed by atoms with Crippen molar-refractivity contribution in [3.05, 3.63) is 35.4 Å². The van der Waals surface area contributed by atoms with E-state index in [0.29, 0.717) is 13.1 Å². The van der Waals surface area contributed by atoms with Gasteiger partial charge < -0.3 is 15.5 Å². The number of benzene rings is 1. The van der Waals surface area contributed by atoms with E-state index in [1.165, 1.54) is 0 Å². The van der Waals surface area contributed by atoms with Crippen LogP contribution in [0.3, 0.4) is 0 Å². The summed E-state index contributed by atoms with van der Waals surface area (Å²) in [6, 6.07) is 7.75. The highest BCUT2D eigenvalue weighted by Crippen LogP contribution is 2.11. The van der Waals surface area contributed by atoms with Gasteiger partial charge in [0.1, 0.15) is 0 Å². The van der Waals surface area contributed by atoms with Gasteiger partial charge in [-0.15, -0.1) is 0 Å².